The molecule has 0 aliphatic carbocycles. The molecule has 3 aromatic rings. The van der Waals surface area contributed by atoms with Gasteiger partial charge in [-0.05, 0) is 62.6 Å². The van der Waals surface area contributed by atoms with E-state index in [0.29, 0.717) is 24.9 Å². The molecular weight excluding hydrogens is 380 g/mol. The fraction of sp³-hybridized carbons (Fsp3) is 0.348. The molecule has 1 aliphatic rings. The number of anilines is 2. The summed E-state index contributed by atoms with van der Waals surface area (Å²) < 4.78 is 10.6. The predicted octanol–water partition coefficient (Wildman–Crippen LogP) is 4.22. The lowest BCUT2D eigenvalue weighted by Crippen LogP contribution is -2.38. The van der Waals surface area contributed by atoms with Crippen molar-refractivity contribution in [2.24, 2.45) is 5.92 Å². The van der Waals surface area contributed by atoms with Crippen LogP contribution in [0.3, 0.4) is 0 Å². The van der Waals surface area contributed by atoms with Gasteiger partial charge >= 0.3 is 6.01 Å². The van der Waals surface area contributed by atoms with Gasteiger partial charge in [-0.3, -0.25) is 4.79 Å². The summed E-state index contributed by atoms with van der Waals surface area (Å²) in [4.78, 5) is 19.3. The van der Waals surface area contributed by atoms with Gasteiger partial charge in [-0.15, -0.1) is 0 Å². The van der Waals surface area contributed by atoms with Gasteiger partial charge in [0, 0.05) is 30.3 Å². The minimum atomic E-state index is -0.0223. The standard InChI is InChI=1S/C23H26N4O3/c1-15-4-9-20(16(2)14-15)24-22(28)18-10-12-27(13-11-18)23-25-21(26-30-23)17-5-7-19(29-3)8-6-17/h4-9,14,18H,10-13H2,1-3H3,(H,24,28). The number of nitrogens with zero attached hydrogens (tertiary/aromatic N) is 3. The van der Waals surface area contributed by atoms with Crippen molar-refractivity contribution in [1.82, 2.24) is 10.1 Å². The SMILES string of the molecule is COc1ccc(-c2noc(N3CCC(C(=O)Nc4ccc(C)cc4C)CC3)n2)cc1. The molecule has 1 saturated heterocycles. The Morgan fingerprint density at radius 3 is 2.53 bits per heavy atom. The molecule has 1 fully saturated rings. The molecule has 0 unspecified atom stereocenters. The second-order valence-electron chi connectivity index (χ2n) is 7.70. The van der Waals surface area contributed by atoms with Gasteiger partial charge < -0.3 is 19.5 Å². The third-order valence-electron chi connectivity index (χ3n) is 5.54. The number of rotatable bonds is 5. The Labute approximate surface area is 176 Å². The maximum absolute atomic E-state index is 12.7. The van der Waals surface area contributed by atoms with Gasteiger partial charge in [-0.25, -0.2) is 0 Å². The molecule has 1 aliphatic heterocycles. The first-order valence-corrected chi connectivity index (χ1v) is 10.1. The molecule has 2 heterocycles. The highest BCUT2D eigenvalue weighted by atomic mass is 16.5. The van der Waals surface area contributed by atoms with E-state index in [1.54, 1.807) is 7.11 Å². The summed E-state index contributed by atoms with van der Waals surface area (Å²) in [6.07, 6.45) is 1.49. The van der Waals surface area contributed by atoms with Crippen molar-refractivity contribution in [3.05, 3.63) is 53.6 Å². The van der Waals surface area contributed by atoms with Crippen molar-refractivity contribution in [2.75, 3.05) is 30.4 Å². The molecule has 0 spiro atoms. The second-order valence-corrected chi connectivity index (χ2v) is 7.70. The minimum absolute atomic E-state index is 0.0223. The molecular formula is C23H26N4O3. The Kier molecular flexibility index (Phi) is 5.70. The van der Waals surface area contributed by atoms with Crippen LogP contribution in [-0.2, 0) is 4.79 Å². The van der Waals surface area contributed by atoms with E-state index < -0.39 is 0 Å². The summed E-state index contributed by atoms with van der Waals surface area (Å²) in [6.45, 7) is 5.47. The average Bonchev–Trinajstić information content (AvgIpc) is 3.26. The summed E-state index contributed by atoms with van der Waals surface area (Å²) in [5.41, 5.74) is 4.02. The molecule has 0 bridgehead atoms. The smallest absolute Gasteiger partial charge is 0.324 e. The van der Waals surface area contributed by atoms with Crippen molar-refractivity contribution >= 4 is 17.6 Å². The van der Waals surface area contributed by atoms with Gasteiger partial charge in [0.2, 0.25) is 11.7 Å². The van der Waals surface area contributed by atoms with E-state index >= 15 is 0 Å². The molecule has 2 aromatic carbocycles. The van der Waals surface area contributed by atoms with Crippen LogP contribution in [-0.4, -0.2) is 36.2 Å². The van der Waals surface area contributed by atoms with Gasteiger partial charge in [-0.1, -0.05) is 22.9 Å². The number of nitrogens with one attached hydrogen (secondary N) is 1. The monoisotopic (exact) mass is 406 g/mol. The summed E-state index contributed by atoms with van der Waals surface area (Å²) >= 11 is 0. The highest BCUT2D eigenvalue weighted by Crippen LogP contribution is 2.27. The van der Waals surface area contributed by atoms with Crippen molar-refractivity contribution in [2.45, 2.75) is 26.7 Å². The number of hydrogen-bond donors (Lipinski definition) is 1. The highest BCUT2D eigenvalue weighted by molar-refractivity contribution is 5.93. The maximum atomic E-state index is 12.7. The van der Waals surface area contributed by atoms with Crippen LogP contribution in [0, 0.1) is 19.8 Å². The zero-order valence-electron chi connectivity index (χ0n) is 17.5. The second kappa shape index (κ2) is 8.57. The Morgan fingerprint density at radius 1 is 1.13 bits per heavy atom. The van der Waals surface area contributed by atoms with Crippen LogP contribution in [0.25, 0.3) is 11.4 Å². The van der Waals surface area contributed by atoms with Gasteiger partial charge in [0.05, 0.1) is 7.11 Å². The predicted molar refractivity (Wildman–Crippen MR) is 116 cm³/mol. The van der Waals surface area contributed by atoms with Gasteiger partial charge in [0.15, 0.2) is 0 Å². The molecule has 4 rings (SSSR count). The number of hydrogen-bond acceptors (Lipinski definition) is 6. The van der Waals surface area contributed by atoms with Crippen LogP contribution in [0.5, 0.6) is 5.75 Å². The number of piperidine rings is 1. The zero-order valence-corrected chi connectivity index (χ0v) is 17.5. The van der Waals surface area contributed by atoms with Gasteiger partial charge in [0.25, 0.3) is 0 Å². The van der Waals surface area contributed by atoms with Gasteiger partial charge in [0.1, 0.15) is 5.75 Å². The topological polar surface area (TPSA) is 80.5 Å². The minimum Gasteiger partial charge on any atom is -0.497 e. The van der Waals surface area contributed by atoms with Crippen LogP contribution < -0.4 is 15.0 Å². The van der Waals surface area contributed by atoms with Crippen LogP contribution in [0.4, 0.5) is 11.7 Å². The quantitative estimate of drug-likeness (QED) is 0.683. The first-order chi connectivity index (χ1) is 14.5. The van der Waals surface area contributed by atoms with Crippen molar-refractivity contribution in [1.29, 1.82) is 0 Å². The van der Waals surface area contributed by atoms with Gasteiger partial charge in [-0.2, -0.15) is 4.98 Å². The number of aryl methyl sites for hydroxylation is 2. The Morgan fingerprint density at radius 2 is 1.87 bits per heavy atom. The lowest BCUT2D eigenvalue weighted by molar-refractivity contribution is -0.120. The number of amides is 1. The molecule has 0 radical (unpaired) electrons. The van der Waals surface area contributed by atoms with E-state index in [1.807, 2.05) is 55.1 Å². The lowest BCUT2D eigenvalue weighted by Gasteiger charge is -2.29. The Balaban J connectivity index is 1.35. The fourth-order valence-corrected chi connectivity index (χ4v) is 3.72. The number of methoxy groups -OCH3 is 1. The maximum Gasteiger partial charge on any atom is 0.324 e. The van der Waals surface area contributed by atoms with E-state index in [-0.39, 0.29) is 11.8 Å². The van der Waals surface area contributed by atoms with E-state index in [2.05, 4.69) is 21.5 Å². The molecule has 0 atom stereocenters. The average molecular weight is 406 g/mol. The molecule has 1 N–H and O–H groups in total. The normalized spacial score (nSPS) is 14.6. The van der Waals surface area contributed by atoms with Crippen LogP contribution in [0.1, 0.15) is 24.0 Å². The van der Waals surface area contributed by atoms with E-state index in [4.69, 9.17) is 9.26 Å². The number of benzene rings is 2. The number of carbonyl (C=O) groups excluding carboxylic acids is 1. The molecule has 7 heteroatoms. The first-order valence-electron chi connectivity index (χ1n) is 10.1. The summed E-state index contributed by atoms with van der Waals surface area (Å²) in [7, 11) is 1.63. The van der Waals surface area contributed by atoms with Crippen molar-refractivity contribution < 1.29 is 14.1 Å². The van der Waals surface area contributed by atoms with E-state index in [0.717, 1.165) is 35.4 Å². The Hall–Kier alpha value is -3.35. The van der Waals surface area contributed by atoms with Crippen molar-refractivity contribution in [3.63, 3.8) is 0 Å². The lowest BCUT2D eigenvalue weighted by atomic mass is 9.96. The number of ether oxygens (including phenoxy) is 1. The highest BCUT2D eigenvalue weighted by Gasteiger charge is 2.28. The van der Waals surface area contributed by atoms with Crippen LogP contribution >= 0.6 is 0 Å². The van der Waals surface area contributed by atoms with Crippen LogP contribution in [0.15, 0.2) is 47.0 Å². The molecule has 0 saturated carbocycles. The number of carbonyl (C=O) groups is 1. The summed E-state index contributed by atoms with van der Waals surface area (Å²) in [6, 6.07) is 14.1. The molecule has 30 heavy (non-hydrogen) atoms. The summed E-state index contributed by atoms with van der Waals surface area (Å²) in [5, 5.41) is 7.17. The van der Waals surface area contributed by atoms with E-state index in [1.165, 1.54) is 5.56 Å². The zero-order chi connectivity index (χ0) is 21.1. The third kappa shape index (κ3) is 4.30. The fourth-order valence-electron chi connectivity index (χ4n) is 3.72. The van der Waals surface area contributed by atoms with E-state index in [9.17, 15) is 4.79 Å². The Bertz CT molecular complexity index is 1020. The molecule has 7 nitrogen and oxygen atoms in total. The van der Waals surface area contributed by atoms with Crippen LogP contribution in [0.2, 0.25) is 0 Å². The molecule has 1 aromatic heterocycles. The molecule has 156 valence electrons. The third-order valence-corrected chi connectivity index (χ3v) is 5.54. The largest absolute Gasteiger partial charge is 0.497 e. The summed E-state index contributed by atoms with van der Waals surface area (Å²) in [5.74, 6) is 1.38. The first kappa shape index (κ1) is 19.9. The number of aromatic nitrogens is 2. The molecule has 1 amide bonds. The van der Waals surface area contributed by atoms with Crippen molar-refractivity contribution in [3.8, 4) is 17.1 Å².